The molecule has 1 aromatic carbocycles. The third-order valence-corrected chi connectivity index (χ3v) is 4.55. The third kappa shape index (κ3) is 4.95. The molecule has 3 aromatic rings. The lowest BCUT2D eigenvalue weighted by molar-refractivity contribution is -0.113. The van der Waals surface area contributed by atoms with Gasteiger partial charge in [-0.2, -0.15) is 0 Å². The summed E-state index contributed by atoms with van der Waals surface area (Å²) in [5.74, 6) is 1.24. The zero-order valence-corrected chi connectivity index (χ0v) is 15.7. The fourth-order valence-corrected chi connectivity index (χ4v) is 2.94. The summed E-state index contributed by atoms with van der Waals surface area (Å²) in [6.45, 7) is 0. The molecule has 2 heterocycles. The van der Waals surface area contributed by atoms with Crippen LogP contribution in [0.25, 0.3) is 11.3 Å². The Bertz CT molecular complexity index is 905. The monoisotopic (exact) mass is 382 g/mol. The average molecular weight is 382 g/mol. The standard InChI is InChI=1S/C19H18N4O3S/c1-25-16-5-3-14(11-17(16)26-2)21-18(24)12-27-19-6-4-15(22-23-19)13-7-9-20-10-8-13/h3-11H,12H2,1-2H3,(H,21,24). The topological polar surface area (TPSA) is 86.2 Å². The van der Waals surface area contributed by atoms with Gasteiger partial charge in [0.05, 0.1) is 25.7 Å². The highest BCUT2D eigenvalue weighted by Crippen LogP contribution is 2.29. The summed E-state index contributed by atoms with van der Waals surface area (Å²) < 4.78 is 10.4. The summed E-state index contributed by atoms with van der Waals surface area (Å²) in [4.78, 5) is 16.1. The van der Waals surface area contributed by atoms with Crippen LogP contribution in [0.1, 0.15) is 0 Å². The Labute approximate surface area is 161 Å². The molecular formula is C19H18N4O3S. The zero-order valence-electron chi connectivity index (χ0n) is 14.9. The minimum atomic E-state index is -0.146. The van der Waals surface area contributed by atoms with Gasteiger partial charge >= 0.3 is 0 Å². The molecule has 0 radical (unpaired) electrons. The van der Waals surface area contributed by atoms with Gasteiger partial charge in [0.2, 0.25) is 5.91 Å². The summed E-state index contributed by atoms with van der Waals surface area (Å²) in [7, 11) is 3.11. The van der Waals surface area contributed by atoms with Crippen molar-refractivity contribution in [1.82, 2.24) is 15.2 Å². The van der Waals surface area contributed by atoms with E-state index in [9.17, 15) is 4.79 Å². The van der Waals surface area contributed by atoms with Crippen molar-refractivity contribution >= 4 is 23.4 Å². The predicted molar refractivity (Wildman–Crippen MR) is 104 cm³/mol. The van der Waals surface area contributed by atoms with E-state index in [4.69, 9.17) is 9.47 Å². The number of nitrogens with one attached hydrogen (secondary N) is 1. The summed E-state index contributed by atoms with van der Waals surface area (Å²) in [5, 5.41) is 11.9. The van der Waals surface area contributed by atoms with Crippen LogP contribution in [-0.4, -0.2) is 41.1 Å². The molecule has 138 valence electrons. The second-order valence-corrected chi connectivity index (χ2v) is 6.39. The van der Waals surface area contributed by atoms with Gasteiger partial charge in [-0.05, 0) is 36.4 Å². The summed E-state index contributed by atoms with van der Waals surface area (Å²) in [6.07, 6.45) is 3.41. The van der Waals surface area contributed by atoms with Gasteiger partial charge in [-0.1, -0.05) is 11.8 Å². The van der Waals surface area contributed by atoms with E-state index < -0.39 is 0 Å². The molecule has 0 bridgehead atoms. The number of carbonyl (C=O) groups excluding carboxylic acids is 1. The molecule has 0 aliphatic rings. The maximum Gasteiger partial charge on any atom is 0.234 e. The van der Waals surface area contributed by atoms with Crippen molar-refractivity contribution in [3.8, 4) is 22.8 Å². The molecule has 1 N–H and O–H groups in total. The van der Waals surface area contributed by atoms with Gasteiger partial charge in [0, 0.05) is 29.7 Å². The van der Waals surface area contributed by atoms with Gasteiger partial charge in [0.1, 0.15) is 5.03 Å². The largest absolute Gasteiger partial charge is 0.493 e. The van der Waals surface area contributed by atoms with Gasteiger partial charge < -0.3 is 14.8 Å². The first-order chi connectivity index (χ1) is 13.2. The summed E-state index contributed by atoms with van der Waals surface area (Å²) >= 11 is 1.32. The van der Waals surface area contributed by atoms with Gasteiger partial charge in [0.15, 0.2) is 11.5 Å². The van der Waals surface area contributed by atoms with E-state index in [1.165, 1.54) is 11.8 Å². The van der Waals surface area contributed by atoms with Crippen molar-refractivity contribution < 1.29 is 14.3 Å². The SMILES string of the molecule is COc1ccc(NC(=O)CSc2ccc(-c3ccncc3)nn2)cc1OC. The highest BCUT2D eigenvalue weighted by molar-refractivity contribution is 7.99. The third-order valence-electron chi connectivity index (χ3n) is 3.63. The number of carbonyl (C=O) groups is 1. The first-order valence-electron chi connectivity index (χ1n) is 8.08. The maximum atomic E-state index is 12.2. The number of ether oxygens (including phenoxy) is 2. The van der Waals surface area contributed by atoms with Crippen molar-refractivity contribution in [3.63, 3.8) is 0 Å². The van der Waals surface area contributed by atoms with E-state index in [2.05, 4.69) is 20.5 Å². The van der Waals surface area contributed by atoms with Crippen LogP contribution < -0.4 is 14.8 Å². The van der Waals surface area contributed by atoms with Crippen LogP contribution in [0.2, 0.25) is 0 Å². The van der Waals surface area contributed by atoms with E-state index in [1.54, 1.807) is 44.8 Å². The Morgan fingerprint density at radius 3 is 2.44 bits per heavy atom. The molecule has 0 spiro atoms. The fraction of sp³-hybridized carbons (Fsp3) is 0.158. The quantitative estimate of drug-likeness (QED) is 0.628. The number of aromatic nitrogens is 3. The van der Waals surface area contributed by atoms with E-state index >= 15 is 0 Å². The number of thioether (sulfide) groups is 1. The first-order valence-corrected chi connectivity index (χ1v) is 9.07. The second-order valence-electron chi connectivity index (χ2n) is 5.40. The van der Waals surface area contributed by atoms with E-state index in [0.717, 1.165) is 11.3 Å². The van der Waals surface area contributed by atoms with Gasteiger partial charge in [0.25, 0.3) is 0 Å². The molecule has 0 saturated heterocycles. The molecule has 0 aliphatic heterocycles. The molecule has 0 saturated carbocycles. The predicted octanol–water partition coefficient (Wildman–Crippen LogP) is 3.29. The van der Waals surface area contributed by atoms with Crippen LogP contribution in [0.15, 0.2) is 59.9 Å². The van der Waals surface area contributed by atoms with Crippen LogP contribution in [0.4, 0.5) is 5.69 Å². The number of pyridine rings is 1. The highest BCUT2D eigenvalue weighted by atomic mass is 32.2. The van der Waals surface area contributed by atoms with Crippen molar-refractivity contribution in [2.75, 3.05) is 25.3 Å². The Morgan fingerprint density at radius 1 is 1.00 bits per heavy atom. The molecule has 0 unspecified atom stereocenters. The van der Waals surface area contributed by atoms with Crippen LogP contribution in [-0.2, 0) is 4.79 Å². The molecule has 2 aromatic heterocycles. The lowest BCUT2D eigenvalue weighted by Gasteiger charge is -2.10. The number of anilines is 1. The van der Waals surface area contributed by atoms with Crippen LogP contribution in [0.5, 0.6) is 11.5 Å². The van der Waals surface area contributed by atoms with Gasteiger partial charge in [-0.3, -0.25) is 9.78 Å². The maximum absolute atomic E-state index is 12.2. The average Bonchev–Trinajstić information content (AvgIpc) is 2.73. The van der Waals surface area contributed by atoms with Crippen molar-refractivity contribution in [2.24, 2.45) is 0 Å². The molecule has 0 atom stereocenters. The second kappa shape index (κ2) is 9.00. The van der Waals surface area contributed by atoms with Gasteiger partial charge in [-0.25, -0.2) is 0 Å². The molecule has 7 nitrogen and oxygen atoms in total. The number of amides is 1. The summed E-state index contributed by atoms with van der Waals surface area (Å²) in [5.41, 5.74) is 2.34. The Balaban J connectivity index is 1.56. The lowest BCUT2D eigenvalue weighted by atomic mass is 10.2. The Hall–Kier alpha value is -3.13. The molecule has 1 amide bonds. The molecule has 3 rings (SSSR count). The minimum absolute atomic E-state index is 0.146. The number of nitrogens with zero attached hydrogens (tertiary/aromatic N) is 3. The molecule has 0 aliphatic carbocycles. The van der Waals surface area contributed by atoms with E-state index in [-0.39, 0.29) is 11.7 Å². The van der Waals surface area contributed by atoms with Crippen LogP contribution >= 0.6 is 11.8 Å². The fourth-order valence-electron chi connectivity index (χ4n) is 2.32. The summed E-state index contributed by atoms with van der Waals surface area (Å²) in [6, 6.07) is 12.7. The van der Waals surface area contributed by atoms with Crippen LogP contribution in [0.3, 0.4) is 0 Å². The van der Waals surface area contributed by atoms with E-state index in [0.29, 0.717) is 22.2 Å². The zero-order chi connectivity index (χ0) is 19.1. The first kappa shape index (κ1) is 18.7. The van der Waals surface area contributed by atoms with Crippen molar-refractivity contribution in [1.29, 1.82) is 0 Å². The van der Waals surface area contributed by atoms with Crippen molar-refractivity contribution in [2.45, 2.75) is 5.03 Å². The Kier molecular flexibility index (Phi) is 6.22. The highest BCUT2D eigenvalue weighted by Gasteiger charge is 2.09. The molecule has 27 heavy (non-hydrogen) atoms. The van der Waals surface area contributed by atoms with Crippen molar-refractivity contribution in [3.05, 3.63) is 54.9 Å². The molecule has 0 fully saturated rings. The lowest BCUT2D eigenvalue weighted by Crippen LogP contribution is -2.14. The number of benzene rings is 1. The minimum Gasteiger partial charge on any atom is -0.493 e. The number of rotatable bonds is 7. The van der Waals surface area contributed by atoms with Gasteiger partial charge in [-0.15, -0.1) is 10.2 Å². The number of hydrogen-bond acceptors (Lipinski definition) is 7. The van der Waals surface area contributed by atoms with Crippen LogP contribution in [0, 0.1) is 0 Å². The molecular weight excluding hydrogens is 364 g/mol. The normalized spacial score (nSPS) is 10.3. The molecule has 8 heteroatoms. The number of hydrogen-bond donors (Lipinski definition) is 1. The number of methoxy groups -OCH3 is 2. The smallest absolute Gasteiger partial charge is 0.234 e. The Morgan fingerprint density at radius 2 is 1.78 bits per heavy atom. The van der Waals surface area contributed by atoms with E-state index in [1.807, 2.05) is 24.3 Å².